The van der Waals surface area contributed by atoms with E-state index in [1.165, 1.54) is 6.92 Å². The summed E-state index contributed by atoms with van der Waals surface area (Å²) in [5.74, 6) is -1.23. The number of hydrogen-bond donors (Lipinski definition) is 1. The molecule has 4 aliphatic rings. The summed E-state index contributed by atoms with van der Waals surface area (Å²) in [5, 5.41) is 10.3. The predicted octanol–water partition coefficient (Wildman–Crippen LogP) is 6.08. The molecule has 0 bridgehead atoms. The first-order valence-corrected chi connectivity index (χ1v) is 14.0. The lowest BCUT2D eigenvalue weighted by Gasteiger charge is -2.66. The first-order chi connectivity index (χ1) is 17.2. The molecule has 0 radical (unpaired) electrons. The van der Waals surface area contributed by atoms with Crippen molar-refractivity contribution in [1.29, 1.82) is 0 Å². The van der Waals surface area contributed by atoms with E-state index in [-0.39, 0.29) is 46.7 Å². The molecule has 0 aromatic carbocycles. The number of aliphatic carboxylic acids is 1. The zero-order valence-electron chi connectivity index (χ0n) is 23.6. The van der Waals surface area contributed by atoms with E-state index in [1.54, 1.807) is 0 Å². The highest BCUT2D eigenvalue weighted by molar-refractivity contribution is 5.90. The lowest BCUT2D eigenvalue weighted by atomic mass is 9.37. The van der Waals surface area contributed by atoms with Crippen LogP contribution >= 0.6 is 0 Å². The summed E-state index contributed by atoms with van der Waals surface area (Å²) in [6, 6.07) is 0. The lowest BCUT2D eigenvalue weighted by Crippen LogP contribution is -2.64. The van der Waals surface area contributed by atoms with Gasteiger partial charge in [0, 0.05) is 37.2 Å². The lowest BCUT2D eigenvalue weighted by molar-refractivity contribution is -0.191. The van der Waals surface area contributed by atoms with E-state index in [2.05, 4.69) is 20.8 Å². The fourth-order valence-electron chi connectivity index (χ4n) is 9.29. The van der Waals surface area contributed by atoms with Crippen molar-refractivity contribution in [2.24, 2.45) is 39.9 Å². The number of Topliss-reactive ketones (excluding diaryl/α,β-unsaturated/α-hetero) is 2. The monoisotopic (exact) mass is 512 g/mol. The number of esters is 1. The molecule has 4 aliphatic carbocycles. The van der Waals surface area contributed by atoms with Crippen molar-refractivity contribution in [3.63, 3.8) is 0 Å². The summed E-state index contributed by atoms with van der Waals surface area (Å²) in [7, 11) is 0. The molecule has 0 amide bonds. The molecule has 0 heterocycles. The number of hydrogen-bond acceptors (Lipinski definition) is 5. The quantitative estimate of drug-likeness (QED) is 0.272. The van der Waals surface area contributed by atoms with Gasteiger partial charge in [0.1, 0.15) is 17.7 Å². The summed E-state index contributed by atoms with van der Waals surface area (Å²) in [6.45, 7) is 14.0. The summed E-state index contributed by atoms with van der Waals surface area (Å²) < 4.78 is 5.83. The topological polar surface area (TPSA) is 97.7 Å². The molecule has 37 heavy (non-hydrogen) atoms. The van der Waals surface area contributed by atoms with Gasteiger partial charge >= 0.3 is 11.9 Å². The zero-order chi connectivity index (χ0) is 27.5. The number of allylic oxidation sites excluding steroid dienone is 2. The number of carboxylic acid groups (broad SMARTS) is 1. The Kier molecular flexibility index (Phi) is 7.13. The van der Waals surface area contributed by atoms with Crippen molar-refractivity contribution < 1.29 is 29.0 Å². The van der Waals surface area contributed by atoms with Gasteiger partial charge in [-0.1, -0.05) is 39.3 Å². The Morgan fingerprint density at radius 2 is 1.73 bits per heavy atom. The van der Waals surface area contributed by atoms with Crippen molar-refractivity contribution in [3.8, 4) is 0 Å². The SMILES string of the molecule is CC(=O)O[C@H]1C[C@@]2(C)[C@@H](CC(=O)C3[C@@]4(C)CCC(=O)[C@@H](C)[C@@H]4CC[C@]32C)/C1=C(\CCC=C(C)C)C(=O)O. The smallest absolute Gasteiger partial charge is 0.331 e. The van der Waals surface area contributed by atoms with Crippen LogP contribution in [0.15, 0.2) is 22.8 Å². The number of ketones is 2. The van der Waals surface area contributed by atoms with Crippen LogP contribution in [0.4, 0.5) is 0 Å². The number of carbonyl (C=O) groups is 4. The first-order valence-electron chi connectivity index (χ1n) is 14.0. The summed E-state index contributed by atoms with van der Waals surface area (Å²) in [4.78, 5) is 51.5. The Morgan fingerprint density at radius 3 is 2.32 bits per heavy atom. The van der Waals surface area contributed by atoms with E-state index in [9.17, 15) is 24.3 Å². The van der Waals surface area contributed by atoms with Crippen molar-refractivity contribution in [3.05, 3.63) is 22.8 Å². The van der Waals surface area contributed by atoms with E-state index in [0.717, 1.165) is 24.8 Å². The minimum Gasteiger partial charge on any atom is -0.478 e. The van der Waals surface area contributed by atoms with E-state index in [0.29, 0.717) is 42.6 Å². The average molecular weight is 513 g/mol. The maximum absolute atomic E-state index is 14.2. The van der Waals surface area contributed by atoms with Gasteiger partial charge in [-0.2, -0.15) is 0 Å². The number of ether oxygens (including phenoxy) is 1. The zero-order valence-corrected chi connectivity index (χ0v) is 23.6. The molecule has 0 saturated heterocycles. The van der Waals surface area contributed by atoms with Crippen LogP contribution in [-0.2, 0) is 23.9 Å². The second-order valence-corrected chi connectivity index (χ2v) is 13.3. The minimum absolute atomic E-state index is 0.0388. The molecular formula is C31H44O6. The number of fused-ring (bicyclic) bond motifs is 5. The molecule has 4 fully saturated rings. The van der Waals surface area contributed by atoms with Gasteiger partial charge in [0.2, 0.25) is 0 Å². The molecule has 204 valence electrons. The summed E-state index contributed by atoms with van der Waals surface area (Å²) in [5.41, 5.74) is 1.05. The second-order valence-electron chi connectivity index (χ2n) is 13.3. The van der Waals surface area contributed by atoms with Crippen LogP contribution in [0.2, 0.25) is 0 Å². The van der Waals surface area contributed by atoms with Gasteiger partial charge in [0.25, 0.3) is 0 Å². The third-order valence-electron chi connectivity index (χ3n) is 11.1. The predicted molar refractivity (Wildman–Crippen MR) is 141 cm³/mol. The van der Waals surface area contributed by atoms with Crippen LogP contribution in [0.1, 0.15) is 99.8 Å². The van der Waals surface area contributed by atoms with Crippen molar-refractivity contribution in [1.82, 2.24) is 0 Å². The van der Waals surface area contributed by atoms with Crippen LogP contribution in [0.5, 0.6) is 0 Å². The van der Waals surface area contributed by atoms with Crippen LogP contribution < -0.4 is 0 Å². The van der Waals surface area contributed by atoms with Crippen molar-refractivity contribution in [2.45, 2.75) is 106 Å². The minimum atomic E-state index is -0.992. The van der Waals surface area contributed by atoms with Gasteiger partial charge in [0.05, 0.1) is 0 Å². The molecule has 8 atom stereocenters. The molecule has 4 saturated carbocycles. The molecule has 1 unspecified atom stereocenters. The third kappa shape index (κ3) is 4.23. The molecule has 0 aliphatic heterocycles. The van der Waals surface area contributed by atoms with E-state index in [4.69, 9.17) is 4.74 Å². The van der Waals surface area contributed by atoms with Crippen molar-refractivity contribution >= 4 is 23.5 Å². The number of carboxylic acids is 1. The Morgan fingerprint density at radius 1 is 1.05 bits per heavy atom. The molecular weight excluding hydrogens is 468 g/mol. The average Bonchev–Trinajstić information content (AvgIpc) is 3.05. The van der Waals surface area contributed by atoms with Gasteiger partial charge in [0.15, 0.2) is 0 Å². The van der Waals surface area contributed by atoms with Crippen LogP contribution in [0, 0.1) is 39.9 Å². The molecule has 0 aromatic heterocycles. The normalized spacial score (nSPS) is 42.3. The fraction of sp³-hybridized carbons (Fsp3) is 0.742. The molecule has 4 rings (SSSR count). The molecule has 6 heteroatoms. The van der Waals surface area contributed by atoms with Gasteiger partial charge in [-0.3, -0.25) is 14.4 Å². The summed E-state index contributed by atoms with van der Waals surface area (Å²) in [6.07, 6.45) is 6.06. The molecule has 1 N–H and O–H groups in total. The van der Waals surface area contributed by atoms with Gasteiger partial charge in [-0.25, -0.2) is 4.79 Å². The van der Waals surface area contributed by atoms with Gasteiger partial charge in [-0.15, -0.1) is 0 Å². The molecule has 0 aromatic rings. The largest absolute Gasteiger partial charge is 0.478 e. The Hall–Kier alpha value is -2.24. The third-order valence-corrected chi connectivity index (χ3v) is 11.1. The molecule has 0 spiro atoms. The Balaban J connectivity index is 1.83. The highest BCUT2D eigenvalue weighted by atomic mass is 16.5. The number of carbonyl (C=O) groups excluding carboxylic acids is 3. The maximum atomic E-state index is 14.2. The fourth-order valence-corrected chi connectivity index (χ4v) is 9.29. The van der Waals surface area contributed by atoms with Crippen LogP contribution in [-0.4, -0.2) is 34.7 Å². The Labute approximate surface area is 221 Å². The van der Waals surface area contributed by atoms with E-state index < -0.39 is 23.5 Å². The second kappa shape index (κ2) is 9.50. The number of rotatable bonds is 5. The van der Waals surface area contributed by atoms with Crippen LogP contribution in [0.25, 0.3) is 0 Å². The van der Waals surface area contributed by atoms with E-state index >= 15 is 0 Å². The standard InChI is InChI=1S/C31H44O6/c1-17(2)9-8-10-20(28(35)36)26-22-15-24(34)27-29(5)13-12-23(33)18(3)21(29)11-14-30(27,6)31(22,7)16-25(26)37-19(4)32/h9,18,21-22,25,27H,8,10-16H2,1-7H3,(H,35,36)/b26-20-/t18-,21-,22-,25-,27?,29-,30+,31-/m0/s1. The molecule has 6 nitrogen and oxygen atoms in total. The van der Waals surface area contributed by atoms with Crippen LogP contribution in [0.3, 0.4) is 0 Å². The van der Waals surface area contributed by atoms with Gasteiger partial charge in [-0.05, 0) is 86.0 Å². The van der Waals surface area contributed by atoms with E-state index in [1.807, 2.05) is 26.8 Å². The highest BCUT2D eigenvalue weighted by Gasteiger charge is 2.71. The van der Waals surface area contributed by atoms with Crippen molar-refractivity contribution in [2.75, 3.05) is 0 Å². The highest BCUT2D eigenvalue weighted by Crippen LogP contribution is 2.73. The first kappa shape index (κ1) is 27.8. The summed E-state index contributed by atoms with van der Waals surface area (Å²) >= 11 is 0. The maximum Gasteiger partial charge on any atom is 0.331 e. The van der Waals surface area contributed by atoms with Gasteiger partial charge < -0.3 is 9.84 Å². The Bertz CT molecular complexity index is 1080.